The number of rotatable bonds is 4. The van der Waals surface area contributed by atoms with Crippen LogP contribution >= 0.6 is 0 Å². The molecular formula is C23H24N2O. The van der Waals surface area contributed by atoms with Crippen LogP contribution in [0.1, 0.15) is 36.9 Å². The van der Waals surface area contributed by atoms with Gasteiger partial charge in [-0.15, -0.1) is 0 Å². The van der Waals surface area contributed by atoms with Crippen molar-refractivity contribution in [1.82, 2.24) is 5.32 Å². The molecule has 3 nitrogen and oxygen atoms in total. The van der Waals surface area contributed by atoms with E-state index >= 15 is 0 Å². The van der Waals surface area contributed by atoms with Crippen LogP contribution in [0.25, 0.3) is 10.8 Å². The lowest BCUT2D eigenvalue weighted by Crippen LogP contribution is -2.41. The van der Waals surface area contributed by atoms with Crippen molar-refractivity contribution in [2.24, 2.45) is 0 Å². The highest BCUT2D eigenvalue weighted by atomic mass is 16.2. The summed E-state index contributed by atoms with van der Waals surface area (Å²) in [4.78, 5) is 12.7. The average Bonchev–Trinajstić information content (AvgIpc) is 2.68. The number of nitrogens with one attached hydrogen (secondary N) is 2. The molecule has 2 atom stereocenters. The minimum atomic E-state index is -0.252. The van der Waals surface area contributed by atoms with Crippen LogP contribution in [0.15, 0.2) is 66.7 Å². The van der Waals surface area contributed by atoms with E-state index in [1.165, 1.54) is 16.5 Å². The zero-order chi connectivity index (χ0) is 17.9. The molecule has 132 valence electrons. The molecule has 0 bridgehead atoms. The Bertz CT molecular complexity index is 934. The van der Waals surface area contributed by atoms with E-state index < -0.39 is 0 Å². The summed E-state index contributed by atoms with van der Waals surface area (Å²) >= 11 is 0. The SMILES string of the molecule is C[C@@H](N[C@@H]1CCCc2ccccc21)C(=O)Nc1ccc2ccccc2c1. The zero-order valence-corrected chi connectivity index (χ0v) is 15.0. The first-order valence-electron chi connectivity index (χ1n) is 9.34. The molecule has 2 N–H and O–H groups in total. The van der Waals surface area contributed by atoms with Crippen LogP contribution in [-0.2, 0) is 11.2 Å². The van der Waals surface area contributed by atoms with Crippen LogP contribution in [0, 0.1) is 0 Å². The van der Waals surface area contributed by atoms with Crippen LogP contribution in [0.4, 0.5) is 5.69 Å². The lowest BCUT2D eigenvalue weighted by molar-refractivity contribution is -0.118. The molecule has 0 aromatic heterocycles. The highest BCUT2D eigenvalue weighted by molar-refractivity contribution is 5.97. The molecule has 0 aliphatic heterocycles. The number of amides is 1. The molecule has 0 saturated carbocycles. The molecule has 0 heterocycles. The molecule has 0 radical (unpaired) electrons. The Balaban J connectivity index is 1.45. The predicted molar refractivity (Wildman–Crippen MR) is 107 cm³/mol. The topological polar surface area (TPSA) is 41.1 Å². The molecule has 0 saturated heterocycles. The van der Waals surface area contributed by atoms with E-state index in [-0.39, 0.29) is 18.0 Å². The fourth-order valence-corrected chi connectivity index (χ4v) is 3.82. The summed E-state index contributed by atoms with van der Waals surface area (Å²) in [5.41, 5.74) is 3.58. The van der Waals surface area contributed by atoms with Crippen molar-refractivity contribution in [2.75, 3.05) is 5.32 Å². The van der Waals surface area contributed by atoms with Crippen molar-refractivity contribution in [3.63, 3.8) is 0 Å². The Hall–Kier alpha value is -2.65. The van der Waals surface area contributed by atoms with E-state index in [0.29, 0.717) is 0 Å². The summed E-state index contributed by atoms with van der Waals surface area (Å²) in [5.74, 6) is 0.00309. The van der Waals surface area contributed by atoms with Crippen molar-refractivity contribution in [3.8, 4) is 0 Å². The average molecular weight is 344 g/mol. The molecule has 1 amide bonds. The first kappa shape index (κ1) is 16.8. The smallest absolute Gasteiger partial charge is 0.241 e. The summed E-state index contributed by atoms with van der Waals surface area (Å²) in [7, 11) is 0. The maximum atomic E-state index is 12.7. The van der Waals surface area contributed by atoms with E-state index in [4.69, 9.17) is 0 Å². The van der Waals surface area contributed by atoms with Gasteiger partial charge in [0.15, 0.2) is 0 Å². The van der Waals surface area contributed by atoms with E-state index in [0.717, 1.165) is 30.3 Å². The van der Waals surface area contributed by atoms with Gasteiger partial charge in [-0.2, -0.15) is 0 Å². The van der Waals surface area contributed by atoms with Crippen molar-refractivity contribution >= 4 is 22.4 Å². The summed E-state index contributed by atoms with van der Waals surface area (Å²) in [5, 5.41) is 8.87. The van der Waals surface area contributed by atoms with Crippen molar-refractivity contribution in [1.29, 1.82) is 0 Å². The fourth-order valence-electron chi connectivity index (χ4n) is 3.82. The maximum Gasteiger partial charge on any atom is 0.241 e. The van der Waals surface area contributed by atoms with E-state index in [2.05, 4.69) is 47.0 Å². The second-order valence-corrected chi connectivity index (χ2v) is 7.08. The Kier molecular flexibility index (Phi) is 4.72. The highest BCUT2D eigenvalue weighted by Gasteiger charge is 2.23. The highest BCUT2D eigenvalue weighted by Crippen LogP contribution is 2.29. The van der Waals surface area contributed by atoms with Crippen LogP contribution < -0.4 is 10.6 Å². The van der Waals surface area contributed by atoms with Gasteiger partial charge >= 0.3 is 0 Å². The van der Waals surface area contributed by atoms with Gasteiger partial charge in [0.1, 0.15) is 0 Å². The van der Waals surface area contributed by atoms with Crippen LogP contribution in [0.5, 0.6) is 0 Å². The molecule has 0 fully saturated rings. The minimum Gasteiger partial charge on any atom is -0.325 e. The van der Waals surface area contributed by atoms with Gasteiger partial charge < -0.3 is 5.32 Å². The van der Waals surface area contributed by atoms with Crippen molar-refractivity contribution < 1.29 is 4.79 Å². The first-order chi connectivity index (χ1) is 12.7. The second kappa shape index (κ2) is 7.30. The first-order valence-corrected chi connectivity index (χ1v) is 9.34. The predicted octanol–water partition coefficient (Wildman–Crippen LogP) is 4.83. The lowest BCUT2D eigenvalue weighted by Gasteiger charge is -2.29. The van der Waals surface area contributed by atoms with Gasteiger partial charge in [0, 0.05) is 11.7 Å². The number of anilines is 1. The Morgan fingerprint density at radius 3 is 2.65 bits per heavy atom. The number of fused-ring (bicyclic) bond motifs is 2. The standard InChI is InChI=1S/C23H24N2O/c1-16(24-22-12-6-10-18-8-4-5-11-21(18)22)23(26)25-20-14-13-17-7-2-3-9-19(17)15-20/h2-5,7-9,11,13-16,22,24H,6,10,12H2,1H3,(H,25,26)/t16-,22-/m1/s1. The number of hydrogen-bond acceptors (Lipinski definition) is 2. The summed E-state index contributed by atoms with van der Waals surface area (Å²) in [6.07, 6.45) is 3.37. The van der Waals surface area contributed by atoms with Crippen LogP contribution in [-0.4, -0.2) is 11.9 Å². The molecule has 4 rings (SSSR count). The monoisotopic (exact) mass is 344 g/mol. The number of aryl methyl sites for hydroxylation is 1. The molecule has 1 aliphatic rings. The third-order valence-corrected chi connectivity index (χ3v) is 5.23. The van der Waals surface area contributed by atoms with Gasteiger partial charge in [0.2, 0.25) is 5.91 Å². The Labute approximate surface area is 154 Å². The number of carbonyl (C=O) groups excluding carboxylic acids is 1. The number of carbonyl (C=O) groups is 1. The molecule has 1 aliphatic carbocycles. The van der Waals surface area contributed by atoms with Crippen molar-refractivity contribution in [3.05, 3.63) is 77.9 Å². The normalized spacial score (nSPS) is 17.5. The molecular weight excluding hydrogens is 320 g/mol. The fraction of sp³-hybridized carbons (Fsp3) is 0.261. The van der Waals surface area contributed by atoms with E-state index in [1.54, 1.807) is 0 Å². The third-order valence-electron chi connectivity index (χ3n) is 5.23. The van der Waals surface area contributed by atoms with Gasteiger partial charge in [-0.05, 0) is 60.2 Å². The van der Waals surface area contributed by atoms with Crippen LogP contribution in [0.2, 0.25) is 0 Å². The Morgan fingerprint density at radius 2 is 1.77 bits per heavy atom. The lowest BCUT2D eigenvalue weighted by atomic mass is 9.87. The second-order valence-electron chi connectivity index (χ2n) is 7.08. The number of benzene rings is 3. The molecule has 3 heteroatoms. The quantitative estimate of drug-likeness (QED) is 0.711. The minimum absolute atomic E-state index is 0.00309. The summed E-state index contributed by atoms with van der Waals surface area (Å²) < 4.78 is 0. The van der Waals surface area contributed by atoms with E-state index in [1.807, 2.05) is 37.3 Å². The maximum absolute atomic E-state index is 12.7. The number of hydrogen-bond donors (Lipinski definition) is 2. The van der Waals surface area contributed by atoms with Gasteiger partial charge in [0.05, 0.1) is 6.04 Å². The van der Waals surface area contributed by atoms with Gasteiger partial charge in [-0.3, -0.25) is 10.1 Å². The molecule has 26 heavy (non-hydrogen) atoms. The summed E-state index contributed by atoms with van der Waals surface area (Å²) in [6.45, 7) is 1.94. The van der Waals surface area contributed by atoms with Gasteiger partial charge in [-0.1, -0.05) is 54.6 Å². The zero-order valence-electron chi connectivity index (χ0n) is 15.0. The molecule has 3 aromatic rings. The van der Waals surface area contributed by atoms with Gasteiger partial charge in [0.25, 0.3) is 0 Å². The van der Waals surface area contributed by atoms with Gasteiger partial charge in [-0.25, -0.2) is 0 Å². The summed E-state index contributed by atoms with van der Waals surface area (Å²) in [6, 6.07) is 22.7. The van der Waals surface area contributed by atoms with Crippen molar-refractivity contribution in [2.45, 2.75) is 38.3 Å². The molecule has 3 aromatic carbocycles. The molecule has 0 unspecified atom stereocenters. The van der Waals surface area contributed by atoms with E-state index in [9.17, 15) is 4.79 Å². The molecule has 0 spiro atoms. The third kappa shape index (κ3) is 3.49. The largest absolute Gasteiger partial charge is 0.325 e. The Morgan fingerprint density at radius 1 is 1.00 bits per heavy atom. The van der Waals surface area contributed by atoms with Crippen LogP contribution in [0.3, 0.4) is 0 Å².